The van der Waals surface area contributed by atoms with E-state index in [1.54, 1.807) is 4.90 Å². The molecule has 2 aromatic carbocycles. The molecule has 2 N–H and O–H groups in total. The number of para-hydroxylation sites is 1. The Balaban J connectivity index is 1.26. The number of nitriles is 1. The number of anilines is 3. The van der Waals surface area contributed by atoms with E-state index in [9.17, 15) is 19.6 Å². The monoisotopic (exact) mass is 542 g/mol. The van der Waals surface area contributed by atoms with Gasteiger partial charge in [0.2, 0.25) is 0 Å². The Morgan fingerprint density at radius 1 is 1.10 bits per heavy atom. The molecule has 2 saturated heterocycles. The van der Waals surface area contributed by atoms with Crippen molar-refractivity contribution in [1.29, 1.82) is 5.26 Å². The molecule has 0 saturated carbocycles. The molecule has 0 unspecified atom stereocenters. The zero-order valence-electron chi connectivity index (χ0n) is 23.0. The van der Waals surface area contributed by atoms with Crippen LogP contribution in [0.5, 0.6) is 0 Å². The van der Waals surface area contributed by atoms with Crippen LogP contribution in [-0.4, -0.2) is 72.3 Å². The van der Waals surface area contributed by atoms with Gasteiger partial charge in [0.1, 0.15) is 17.7 Å². The molecule has 0 aliphatic carbocycles. The number of piperazine rings is 1. The molecule has 208 valence electrons. The van der Waals surface area contributed by atoms with E-state index in [4.69, 9.17) is 0 Å². The lowest BCUT2D eigenvalue weighted by Gasteiger charge is -2.41. The standard InChI is InChI=1S/C31H35FN6O2/c1-21-15-22(2)28(35-25-8-11-36(12-9-25)29-6-4-3-5-23(29)18-33)17-27(21)31(40)37-13-14-38(26(19-37)20-39)30-16-24(32)7-10-34-30/h3-7,10,15-17,25-26,35,39H,8-9,11-14,19-20H2,1-2H3/t26-/m0/s1. The van der Waals surface area contributed by atoms with Gasteiger partial charge in [-0.1, -0.05) is 18.2 Å². The zero-order chi connectivity index (χ0) is 28.2. The fourth-order valence-electron chi connectivity index (χ4n) is 5.79. The van der Waals surface area contributed by atoms with Gasteiger partial charge >= 0.3 is 0 Å². The van der Waals surface area contributed by atoms with Gasteiger partial charge in [-0.15, -0.1) is 0 Å². The van der Waals surface area contributed by atoms with Gasteiger partial charge in [-0.3, -0.25) is 4.79 Å². The summed E-state index contributed by atoms with van der Waals surface area (Å²) >= 11 is 0. The van der Waals surface area contributed by atoms with Crippen LogP contribution in [0.3, 0.4) is 0 Å². The highest BCUT2D eigenvalue weighted by Crippen LogP contribution is 2.28. The number of nitrogens with one attached hydrogen (secondary N) is 1. The Morgan fingerprint density at radius 2 is 1.88 bits per heavy atom. The average Bonchev–Trinajstić information content (AvgIpc) is 2.98. The summed E-state index contributed by atoms with van der Waals surface area (Å²) in [6.45, 7) is 6.76. The fourth-order valence-corrected chi connectivity index (χ4v) is 5.79. The number of benzene rings is 2. The molecule has 1 amide bonds. The molecule has 8 nitrogen and oxygen atoms in total. The van der Waals surface area contributed by atoms with Crippen LogP contribution in [-0.2, 0) is 0 Å². The molecule has 0 radical (unpaired) electrons. The Bertz CT molecular complexity index is 1420. The second-order valence-corrected chi connectivity index (χ2v) is 10.6. The summed E-state index contributed by atoms with van der Waals surface area (Å²) in [7, 11) is 0. The van der Waals surface area contributed by atoms with Crippen LogP contribution in [0, 0.1) is 31.0 Å². The molecule has 3 heterocycles. The first-order chi connectivity index (χ1) is 19.4. The second kappa shape index (κ2) is 11.9. The molecular weight excluding hydrogens is 507 g/mol. The van der Waals surface area contributed by atoms with Crippen molar-refractivity contribution in [2.45, 2.75) is 38.8 Å². The lowest BCUT2D eigenvalue weighted by atomic mass is 9.99. The fraction of sp³-hybridized carbons (Fsp3) is 0.387. The maximum absolute atomic E-state index is 13.8. The number of piperidine rings is 1. The molecule has 2 aliphatic rings. The van der Waals surface area contributed by atoms with Gasteiger partial charge in [0.05, 0.1) is 23.9 Å². The number of carbonyl (C=O) groups excluding carboxylic acids is 1. The van der Waals surface area contributed by atoms with Gasteiger partial charge in [-0.25, -0.2) is 9.37 Å². The van der Waals surface area contributed by atoms with E-state index in [1.165, 1.54) is 18.3 Å². The van der Waals surface area contributed by atoms with Gasteiger partial charge < -0.3 is 25.1 Å². The molecule has 1 aromatic heterocycles. The number of hydrogen-bond acceptors (Lipinski definition) is 7. The van der Waals surface area contributed by atoms with Crippen LogP contribution in [0.1, 0.15) is 39.9 Å². The molecule has 9 heteroatoms. The molecular formula is C31H35FN6O2. The molecule has 5 rings (SSSR count). The number of halogens is 1. The third kappa shape index (κ3) is 5.73. The van der Waals surface area contributed by atoms with E-state index in [0.717, 1.165) is 48.4 Å². The Labute approximate surface area is 234 Å². The quantitative estimate of drug-likeness (QED) is 0.484. The SMILES string of the molecule is Cc1cc(C)c(C(=O)N2CCN(c3cc(F)ccn3)[C@H](CO)C2)cc1NC1CCN(c2ccccc2C#N)CC1. The van der Waals surface area contributed by atoms with Crippen molar-refractivity contribution >= 4 is 23.1 Å². The third-order valence-corrected chi connectivity index (χ3v) is 8.00. The van der Waals surface area contributed by atoms with Crippen LogP contribution in [0.2, 0.25) is 0 Å². The number of aryl methyl sites for hydroxylation is 2. The maximum atomic E-state index is 13.8. The van der Waals surface area contributed by atoms with E-state index >= 15 is 0 Å². The zero-order valence-corrected chi connectivity index (χ0v) is 23.0. The van der Waals surface area contributed by atoms with Crippen molar-refractivity contribution < 1.29 is 14.3 Å². The number of aliphatic hydroxyl groups is 1. The number of hydrogen-bond donors (Lipinski definition) is 2. The summed E-state index contributed by atoms with van der Waals surface area (Å²) in [5.41, 5.74) is 5.26. The second-order valence-electron chi connectivity index (χ2n) is 10.6. The van der Waals surface area contributed by atoms with Gasteiger partial charge in [-0.05, 0) is 62.1 Å². The molecule has 3 aromatic rings. The van der Waals surface area contributed by atoms with Crippen molar-refractivity contribution in [3.63, 3.8) is 0 Å². The topological polar surface area (TPSA) is 95.7 Å². The van der Waals surface area contributed by atoms with E-state index in [-0.39, 0.29) is 30.4 Å². The van der Waals surface area contributed by atoms with Crippen molar-refractivity contribution in [2.24, 2.45) is 0 Å². The number of carbonyl (C=O) groups is 1. The summed E-state index contributed by atoms with van der Waals surface area (Å²) in [5, 5.41) is 23.2. The summed E-state index contributed by atoms with van der Waals surface area (Å²) in [6.07, 6.45) is 3.26. The minimum absolute atomic E-state index is 0.0752. The first-order valence-electron chi connectivity index (χ1n) is 13.8. The smallest absolute Gasteiger partial charge is 0.254 e. The minimum Gasteiger partial charge on any atom is -0.394 e. The number of nitrogens with zero attached hydrogens (tertiary/aromatic N) is 5. The van der Waals surface area contributed by atoms with Crippen molar-refractivity contribution in [1.82, 2.24) is 9.88 Å². The number of amides is 1. The molecule has 2 fully saturated rings. The largest absolute Gasteiger partial charge is 0.394 e. The number of rotatable bonds is 6. The number of aromatic nitrogens is 1. The highest BCUT2D eigenvalue weighted by molar-refractivity contribution is 5.97. The van der Waals surface area contributed by atoms with Gasteiger partial charge in [0.25, 0.3) is 5.91 Å². The summed E-state index contributed by atoms with van der Waals surface area (Å²) in [4.78, 5) is 23.8. The molecule has 1 atom stereocenters. The molecule has 40 heavy (non-hydrogen) atoms. The maximum Gasteiger partial charge on any atom is 0.254 e. The lowest BCUT2D eigenvalue weighted by Crippen LogP contribution is -2.56. The summed E-state index contributed by atoms with van der Waals surface area (Å²) < 4.78 is 13.8. The van der Waals surface area contributed by atoms with Gasteiger partial charge in [-0.2, -0.15) is 5.26 Å². The Morgan fingerprint density at radius 3 is 2.60 bits per heavy atom. The van der Waals surface area contributed by atoms with Crippen LogP contribution in [0.4, 0.5) is 21.6 Å². The first-order valence-corrected chi connectivity index (χ1v) is 13.8. The molecule has 0 spiro atoms. The van der Waals surface area contributed by atoms with E-state index in [1.807, 2.05) is 48.2 Å². The first kappa shape index (κ1) is 27.4. The van der Waals surface area contributed by atoms with Crippen LogP contribution >= 0.6 is 0 Å². The Hall–Kier alpha value is -4.16. The predicted octanol–water partition coefficient (Wildman–Crippen LogP) is 4.11. The summed E-state index contributed by atoms with van der Waals surface area (Å²) in [5.74, 6) is 0.00764. The van der Waals surface area contributed by atoms with Crippen LogP contribution in [0.25, 0.3) is 0 Å². The van der Waals surface area contributed by atoms with E-state index in [2.05, 4.69) is 28.2 Å². The lowest BCUT2D eigenvalue weighted by molar-refractivity contribution is 0.0698. The molecule has 0 bridgehead atoms. The molecule has 2 aliphatic heterocycles. The Kier molecular flexibility index (Phi) is 8.17. The minimum atomic E-state index is -0.381. The normalized spacial score (nSPS) is 18.0. The highest BCUT2D eigenvalue weighted by Gasteiger charge is 2.31. The van der Waals surface area contributed by atoms with Crippen LogP contribution < -0.4 is 15.1 Å². The van der Waals surface area contributed by atoms with Gasteiger partial charge in [0.15, 0.2) is 0 Å². The predicted molar refractivity (Wildman–Crippen MR) is 154 cm³/mol. The number of aliphatic hydroxyl groups excluding tert-OH is 1. The van der Waals surface area contributed by atoms with Crippen molar-refractivity contribution in [3.8, 4) is 6.07 Å². The van der Waals surface area contributed by atoms with Crippen LogP contribution in [0.15, 0.2) is 54.7 Å². The van der Waals surface area contributed by atoms with E-state index in [0.29, 0.717) is 36.6 Å². The number of pyridine rings is 1. The van der Waals surface area contributed by atoms with Crippen molar-refractivity contribution in [3.05, 3.63) is 82.8 Å². The average molecular weight is 543 g/mol. The van der Waals surface area contributed by atoms with Crippen molar-refractivity contribution in [2.75, 3.05) is 54.4 Å². The van der Waals surface area contributed by atoms with Gasteiger partial charge in [0, 0.05) is 62.3 Å². The highest BCUT2D eigenvalue weighted by atomic mass is 19.1. The third-order valence-electron chi connectivity index (χ3n) is 8.00. The van der Waals surface area contributed by atoms with E-state index < -0.39 is 0 Å². The summed E-state index contributed by atoms with van der Waals surface area (Å²) in [6, 6.07) is 16.6.